The number of fused-ring (bicyclic) bond motifs is 1. The maximum atomic E-state index is 13.1. The monoisotopic (exact) mass is 342 g/mol. The zero-order chi connectivity index (χ0) is 16.9. The third-order valence-corrected chi connectivity index (χ3v) is 6.38. The van der Waals surface area contributed by atoms with Gasteiger partial charge in [-0.1, -0.05) is 30.3 Å². The summed E-state index contributed by atoms with van der Waals surface area (Å²) in [6, 6.07) is 16.1. The maximum absolute atomic E-state index is 13.1. The smallest absolute Gasteiger partial charge is 0.288 e. The highest BCUT2D eigenvalue weighted by molar-refractivity contribution is 7.91. The lowest BCUT2D eigenvalue weighted by Gasteiger charge is -2.23. The van der Waals surface area contributed by atoms with Gasteiger partial charge in [0.25, 0.3) is 0 Å². The van der Waals surface area contributed by atoms with E-state index in [2.05, 4.69) is 0 Å². The molecule has 4 rings (SSSR count). The van der Waals surface area contributed by atoms with Gasteiger partial charge in [0.1, 0.15) is 0 Å². The van der Waals surface area contributed by atoms with Gasteiger partial charge in [0.2, 0.25) is 0 Å². The summed E-state index contributed by atoms with van der Waals surface area (Å²) in [5.74, 6) is 0.0291. The molecule has 2 atom stereocenters. The number of urea groups is 1. The number of hydrogen-bond donors (Lipinski definition) is 0. The summed E-state index contributed by atoms with van der Waals surface area (Å²) in [6.45, 7) is 1.96. The molecule has 0 bridgehead atoms. The van der Waals surface area contributed by atoms with Crippen LogP contribution in [0.3, 0.4) is 0 Å². The van der Waals surface area contributed by atoms with Crippen molar-refractivity contribution in [2.75, 3.05) is 21.3 Å². The van der Waals surface area contributed by atoms with Crippen LogP contribution in [0, 0.1) is 6.92 Å². The molecule has 0 saturated carbocycles. The van der Waals surface area contributed by atoms with Gasteiger partial charge in [-0.3, -0.25) is 9.80 Å². The number of para-hydroxylation sites is 1. The normalized spacial score (nSPS) is 25.1. The zero-order valence-electron chi connectivity index (χ0n) is 13.3. The predicted octanol–water partition coefficient (Wildman–Crippen LogP) is 2.61. The predicted molar refractivity (Wildman–Crippen MR) is 94.2 cm³/mol. The molecule has 0 spiro atoms. The fourth-order valence-electron chi connectivity index (χ4n) is 3.67. The number of amides is 2. The molecule has 0 aliphatic carbocycles. The Balaban J connectivity index is 1.82. The molecule has 2 fully saturated rings. The van der Waals surface area contributed by atoms with Gasteiger partial charge in [-0.05, 0) is 36.8 Å². The molecule has 0 aromatic heterocycles. The highest BCUT2D eigenvalue weighted by Crippen LogP contribution is 2.37. The summed E-state index contributed by atoms with van der Waals surface area (Å²) < 4.78 is 24.4. The lowest BCUT2D eigenvalue weighted by molar-refractivity contribution is 0.255. The van der Waals surface area contributed by atoms with E-state index < -0.39 is 9.84 Å². The number of benzene rings is 2. The molecule has 24 heavy (non-hydrogen) atoms. The number of anilines is 2. The van der Waals surface area contributed by atoms with E-state index in [9.17, 15) is 13.2 Å². The summed E-state index contributed by atoms with van der Waals surface area (Å²) in [6.07, 6.45) is 0. The lowest BCUT2D eigenvalue weighted by atomic mass is 10.1. The minimum atomic E-state index is -3.16. The third kappa shape index (κ3) is 2.38. The Morgan fingerprint density at radius 1 is 0.875 bits per heavy atom. The Morgan fingerprint density at radius 3 is 2.08 bits per heavy atom. The van der Waals surface area contributed by atoms with Gasteiger partial charge in [-0.2, -0.15) is 0 Å². The molecule has 2 aromatic rings. The summed E-state index contributed by atoms with van der Waals surface area (Å²) in [5.41, 5.74) is 2.53. The highest BCUT2D eigenvalue weighted by atomic mass is 32.2. The number of carbonyl (C=O) groups excluding carboxylic acids is 1. The summed E-state index contributed by atoms with van der Waals surface area (Å²) >= 11 is 0. The van der Waals surface area contributed by atoms with Crippen molar-refractivity contribution in [3.05, 3.63) is 60.2 Å². The number of sulfone groups is 1. The Hall–Kier alpha value is -2.34. The first-order valence-electron chi connectivity index (χ1n) is 7.91. The molecule has 2 saturated heterocycles. The summed E-state index contributed by atoms with van der Waals surface area (Å²) in [5, 5.41) is 0. The fraction of sp³-hybridized carbons (Fsp3) is 0.278. The van der Waals surface area contributed by atoms with E-state index in [0.717, 1.165) is 16.9 Å². The quantitative estimate of drug-likeness (QED) is 0.788. The van der Waals surface area contributed by atoms with E-state index in [4.69, 9.17) is 0 Å². The van der Waals surface area contributed by atoms with Crippen LogP contribution in [0.2, 0.25) is 0 Å². The zero-order valence-corrected chi connectivity index (χ0v) is 14.1. The second-order valence-corrected chi connectivity index (χ2v) is 8.56. The molecule has 2 amide bonds. The van der Waals surface area contributed by atoms with E-state index in [0.29, 0.717) is 0 Å². The van der Waals surface area contributed by atoms with Crippen molar-refractivity contribution in [3.63, 3.8) is 0 Å². The van der Waals surface area contributed by atoms with Gasteiger partial charge >= 0.3 is 6.03 Å². The van der Waals surface area contributed by atoms with Gasteiger partial charge in [0.15, 0.2) is 9.84 Å². The Kier molecular flexibility index (Phi) is 3.38. The third-order valence-electron chi connectivity index (χ3n) is 4.68. The van der Waals surface area contributed by atoms with Crippen LogP contribution < -0.4 is 9.80 Å². The van der Waals surface area contributed by atoms with Crippen molar-refractivity contribution in [1.29, 1.82) is 0 Å². The average Bonchev–Trinajstić information content (AvgIpc) is 2.96. The number of nitrogens with zero attached hydrogens (tertiary/aromatic N) is 2. The highest BCUT2D eigenvalue weighted by Gasteiger charge is 2.54. The van der Waals surface area contributed by atoms with E-state index in [1.807, 2.05) is 61.5 Å². The van der Waals surface area contributed by atoms with E-state index in [1.165, 1.54) is 0 Å². The first kappa shape index (κ1) is 15.2. The summed E-state index contributed by atoms with van der Waals surface area (Å²) in [7, 11) is -3.16. The minimum absolute atomic E-state index is 0.0145. The first-order chi connectivity index (χ1) is 11.5. The molecule has 0 unspecified atom stereocenters. The molecule has 0 radical (unpaired) electrons. The molecule has 6 heteroatoms. The van der Waals surface area contributed by atoms with Crippen molar-refractivity contribution in [1.82, 2.24) is 0 Å². The first-order valence-corrected chi connectivity index (χ1v) is 9.73. The second kappa shape index (κ2) is 5.34. The Morgan fingerprint density at radius 2 is 1.46 bits per heavy atom. The van der Waals surface area contributed by atoms with Crippen molar-refractivity contribution < 1.29 is 13.2 Å². The standard InChI is InChI=1S/C18H18N2O3S/c1-13-6-5-9-15(10-13)20-17-12-24(22,23)11-16(17)19(18(20)21)14-7-3-2-4-8-14/h2-10,16-17H,11-12H2,1H3/t16-,17+/m1/s1. The summed E-state index contributed by atoms with van der Waals surface area (Å²) in [4.78, 5) is 16.4. The van der Waals surface area contributed by atoms with E-state index in [-0.39, 0.29) is 29.6 Å². The topological polar surface area (TPSA) is 57.7 Å². The van der Waals surface area contributed by atoms with Crippen LogP contribution in [0.1, 0.15) is 5.56 Å². The lowest BCUT2D eigenvalue weighted by Crippen LogP contribution is -2.37. The molecular formula is C18H18N2O3S. The molecule has 2 aliphatic heterocycles. The fourth-order valence-corrected chi connectivity index (χ4v) is 5.59. The average molecular weight is 342 g/mol. The van der Waals surface area contributed by atoms with Gasteiger partial charge < -0.3 is 0 Å². The van der Waals surface area contributed by atoms with Crippen molar-refractivity contribution in [2.24, 2.45) is 0 Å². The molecular weight excluding hydrogens is 324 g/mol. The maximum Gasteiger partial charge on any atom is 0.329 e. The molecule has 124 valence electrons. The molecule has 2 aliphatic rings. The van der Waals surface area contributed by atoms with E-state index >= 15 is 0 Å². The van der Waals surface area contributed by atoms with Crippen LogP contribution in [0.15, 0.2) is 54.6 Å². The van der Waals surface area contributed by atoms with Crippen LogP contribution in [0.5, 0.6) is 0 Å². The van der Waals surface area contributed by atoms with Crippen molar-refractivity contribution >= 4 is 27.2 Å². The van der Waals surface area contributed by atoms with Crippen LogP contribution >= 0.6 is 0 Å². The number of rotatable bonds is 2. The number of hydrogen-bond acceptors (Lipinski definition) is 3. The Bertz CT molecular complexity index is 895. The molecule has 2 aromatic carbocycles. The van der Waals surface area contributed by atoms with Gasteiger partial charge in [-0.25, -0.2) is 13.2 Å². The minimum Gasteiger partial charge on any atom is -0.288 e. The van der Waals surface area contributed by atoms with Crippen LogP contribution in [-0.4, -0.2) is 38.0 Å². The van der Waals surface area contributed by atoms with Gasteiger partial charge in [0, 0.05) is 11.4 Å². The second-order valence-electron chi connectivity index (χ2n) is 6.41. The number of carbonyl (C=O) groups is 1. The van der Waals surface area contributed by atoms with Gasteiger partial charge in [-0.15, -0.1) is 0 Å². The van der Waals surface area contributed by atoms with E-state index in [1.54, 1.807) is 9.80 Å². The largest absolute Gasteiger partial charge is 0.329 e. The number of aryl methyl sites for hydroxylation is 1. The van der Waals surface area contributed by atoms with Crippen molar-refractivity contribution in [2.45, 2.75) is 19.0 Å². The molecule has 0 N–H and O–H groups in total. The van der Waals surface area contributed by atoms with Crippen LogP contribution in [0.25, 0.3) is 0 Å². The van der Waals surface area contributed by atoms with Crippen LogP contribution in [-0.2, 0) is 9.84 Å². The van der Waals surface area contributed by atoms with Crippen LogP contribution in [0.4, 0.5) is 16.2 Å². The SMILES string of the molecule is Cc1cccc(N2C(=O)N(c3ccccc3)[C@@H]3CS(=O)(=O)C[C@@H]32)c1. The molecule has 5 nitrogen and oxygen atoms in total. The van der Waals surface area contributed by atoms with Gasteiger partial charge in [0.05, 0.1) is 23.6 Å². The van der Waals surface area contributed by atoms with Crippen molar-refractivity contribution in [3.8, 4) is 0 Å². The Labute approximate surface area is 141 Å². The molecule has 2 heterocycles.